The fraction of sp³-hybridized carbons (Fsp3) is 0.133. The van der Waals surface area contributed by atoms with Crippen LogP contribution in [0.25, 0.3) is 5.69 Å². The molecule has 5 heteroatoms. The molecule has 5 nitrogen and oxygen atoms in total. The van der Waals surface area contributed by atoms with Gasteiger partial charge in [0, 0.05) is 22.6 Å². The zero-order valence-corrected chi connectivity index (χ0v) is 11.1. The Kier molecular flexibility index (Phi) is 2.57. The van der Waals surface area contributed by atoms with Gasteiger partial charge in [0.05, 0.1) is 11.1 Å². The van der Waals surface area contributed by atoms with Crippen LogP contribution in [0.2, 0.25) is 0 Å². The van der Waals surface area contributed by atoms with E-state index in [1.54, 1.807) is 24.3 Å². The summed E-state index contributed by atoms with van der Waals surface area (Å²) in [6, 6.07) is 6.86. The smallest absolute Gasteiger partial charge is 0.259 e. The number of nitrogens with zero attached hydrogens (tertiary/aromatic N) is 1. The van der Waals surface area contributed by atoms with E-state index in [9.17, 15) is 14.4 Å². The SMILES string of the molecule is Cc1cc(C=O)c(C)n1-c1ccc2c(c1)C(=O)NC2=O. The standard InChI is InChI=1S/C15H12N2O3/c1-8-5-10(7-18)9(2)17(8)11-3-4-12-13(6-11)15(20)16-14(12)19/h3-7H,1-2H3,(H,16,19,20). The molecule has 0 saturated carbocycles. The van der Waals surface area contributed by atoms with E-state index in [2.05, 4.69) is 5.32 Å². The first kappa shape index (κ1) is 12.3. The number of hydrogen-bond acceptors (Lipinski definition) is 3. The van der Waals surface area contributed by atoms with Gasteiger partial charge in [0.1, 0.15) is 0 Å². The first-order valence-electron chi connectivity index (χ1n) is 6.17. The summed E-state index contributed by atoms with van der Waals surface area (Å²) in [6.07, 6.45) is 0.808. The molecule has 0 spiro atoms. The van der Waals surface area contributed by atoms with Gasteiger partial charge in [-0.2, -0.15) is 0 Å². The van der Waals surface area contributed by atoms with E-state index in [4.69, 9.17) is 0 Å². The minimum atomic E-state index is -0.384. The second-order valence-corrected chi connectivity index (χ2v) is 4.79. The van der Waals surface area contributed by atoms with Crippen LogP contribution in [0.3, 0.4) is 0 Å². The van der Waals surface area contributed by atoms with Crippen LogP contribution in [0.4, 0.5) is 0 Å². The van der Waals surface area contributed by atoms with Gasteiger partial charge in [-0.05, 0) is 38.1 Å². The molecule has 0 unspecified atom stereocenters. The second-order valence-electron chi connectivity index (χ2n) is 4.79. The Morgan fingerprint density at radius 1 is 1.05 bits per heavy atom. The van der Waals surface area contributed by atoms with Gasteiger partial charge in [-0.25, -0.2) is 0 Å². The van der Waals surface area contributed by atoms with Crippen molar-refractivity contribution in [3.8, 4) is 5.69 Å². The Hall–Kier alpha value is -2.69. The van der Waals surface area contributed by atoms with Crippen molar-refractivity contribution >= 4 is 18.1 Å². The normalized spacial score (nSPS) is 13.3. The number of hydrogen-bond donors (Lipinski definition) is 1. The van der Waals surface area contributed by atoms with Gasteiger partial charge in [-0.1, -0.05) is 0 Å². The molecule has 0 fully saturated rings. The summed E-state index contributed by atoms with van der Waals surface area (Å²) < 4.78 is 1.89. The van der Waals surface area contributed by atoms with E-state index in [0.29, 0.717) is 16.7 Å². The highest BCUT2D eigenvalue weighted by Crippen LogP contribution is 2.24. The summed E-state index contributed by atoms with van der Waals surface area (Å²) >= 11 is 0. The average Bonchev–Trinajstić information content (AvgIpc) is 2.87. The molecule has 100 valence electrons. The molecule has 2 aromatic rings. The average molecular weight is 268 g/mol. The van der Waals surface area contributed by atoms with Gasteiger partial charge >= 0.3 is 0 Å². The lowest BCUT2D eigenvalue weighted by Crippen LogP contribution is -2.19. The number of aldehydes is 1. The van der Waals surface area contributed by atoms with Gasteiger partial charge in [0.15, 0.2) is 6.29 Å². The van der Waals surface area contributed by atoms with Crippen LogP contribution in [0.1, 0.15) is 42.5 Å². The molecular formula is C15H12N2O3. The Bertz CT molecular complexity index is 772. The number of carbonyl (C=O) groups is 3. The van der Waals surface area contributed by atoms with Crippen molar-refractivity contribution in [3.63, 3.8) is 0 Å². The Morgan fingerprint density at radius 2 is 1.75 bits per heavy atom. The van der Waals surface area contributed by atoms with E-state index >= 15 is 0 Å². The summed E-state index contributed by atoms with van der Waals surface area (Å²) in [4.78, 5) is 34.2. The van der Waals surface area contributed by atoms with Crippen molar-refractivity contribution in [1.29, 1.82) is 0 Å². The van der Waals surface area contributed by atoms with Crippen LogP contribution in [-0.4, -0.2) is 22.7 Å². The van der Waals surface area contributed by atoms with Crippen molar-refractivity contribution in [2.24, 2.45) is 0 Å². The van der Waals surface area contributed by atoms with Crippen LogP contribution in [0.5, 0.6) is 0 Å². The third kappa shape index (κ3) is 1.60. The van der Waals surface area contributed by atoms with Crippen molar-refractivity contribution in [2.45, 2.75) is 13.8 Å². The van der Waals surface area contributed by atoms with Crippen LogP contribution >= 0.6 is 0 Å². The lowest BCUT2D eigenvalue weighted by Gasteiger charge is -2.10. The van der Waals surface area contributed by atoms with E-state index in [1.807, 2.05) is 18.4 Å². The van der Waals surface area contributed by atoms with Crippen LogP contribution in [-0.2, 0) is 0 Å². The van der Waals surface area contributed by atoms with Gasteiger partial charge in [-0.15, -0.1) is 0 Å². The maximum Gasteiger partial charge on any atom is 0.259 e. The lowest BCUT2D eigenvalue weighted by atomic mass is 10.1. The third-order valence-electron chi connectivity index (χ3n) is 3.57. The molecule has 2 amide bonds. The molecule has 3 rings (SSSR count). The number of aryl methyl sites for hydroxylation is 1. The zero-order chi connectivity index (χ0) is 14.4. The topological polar surface area (TPSA) is 68.2 Å². The number of amides is 2. The molecule has 1 aliphatic heterocycles. The summed E-state index contributed by atoms with van der Waals surface area (Å²) in [5.74, 6) is -0.754. The Balaban J connectivity index is 2.20. The van der Waals surface area contributed by atoms with Gasteiger partial charge in [-0.3, -0.25) is 19.7 Å². The second kappa shape index (κ2) is 4.16. The molecule has 1 aliphatic rings. The summed E-state index contributed by atoms with van der Waals surface area (Å²) in [7, 11) is 0. The molecule has 1 aromatic heterocycles. The highest BCUT2D eigenvalue weighted by Gasteiger charge is 2.27. The van der Waals surface area contributed by atoms with Gasteiger partial charge in [0.2, 0.25) is 0 Å². The van der Waals surface area contributed by atoms with E-state index < -0.39 is 0 Å². The third-order valence-corrected chi connectivity index (χ3v) is 3.57. The predicted octanol–water partition coefficient (Wildman–Crippen LogP) is 1.79. The molecule has 1 aromatic carbocycles. The number of imide groups is 1. The van der Waals surface area contributed by atoms with Crippen molar-refractivity contribution in [1.82, 2.24) is 9.88 Å². The monoisotopic (exact) mass is 268 g/mol. The van der Waals surface area contributed by atoms with Crippen molar-refractivity contribution in [3.05, 3.63) is 52.3 Å². The van der Waals surface area contributed by atoms with Gasteiger partial charge < -0.3 is 4.57 Å². The fourth-order valence-corrected chi connectivity index (χ4v) is 2.60. The van der Waals surface area contributed by atoms with E-state index in [1.165, 1.54) is 0 Å². The molecular weight excluding hydrogens is 256 g/mol. The molecule has 0 aliphatic carbocycles. The van der Waals surface area contributed by atoms with Gasteiger partial charge in [0.25, 0.3) is 11.8 Å². The van der Waals surface area contributed by atoms with Crippen LogP contribution in [0.15, 0.2) is 24.3 Å². The molecule has 20 heavy (non-hydrogen) atoms. The summed E-state index contributed by atoms with van der Waals surface area (Å²) in [5.41, 5.74) is 3.83. The van der Waals surface area contributed by atoms with Crippen LogP contribution < -0.4 is 5.32 Å². The number of benzene rings is 1. The Labute approximate surface area is 115 Å². The molecule has 0 atom stereocenters. The molecule has 1 N–H and O–H groups in total. The zero-order valence-electron chi connectivity index (χ0n) is 11.1. The predicted molar refractivity (Wildman–Crippen MR) is 72.4 cm³/mol. The lowest BCUT2D eigenvalue weighted by molar-refractivity contribution is 0.0879. The summed E-state index contributed by atoms with van der Waals surface area (Å²) in [6.45, 7) is 3.73. The molecule has 0 radical (unpaired) electrons. The Morgan fingerprint density at radius 3 is 2.40 bits per heavy atom. The number of rotatable bonds is 2. The van der Waals surface area contributed by atoms with Crippen LogP contribution in [0, 0.1) is 13.8 Å². The minimum absolute atomic E-state index is 0.368. The molecule has 0 bridgehead atoms. The first-order chi connectivity index (χ1) is 9.52. The maximum absolute atomic E-state index is 11.7. The highest BCUT2D eigenvalue weighted by atomic mass is 16.2. The number of nitrogens with one attached hydrogen (secondary N) is 1. The number of aromatic nitrogens is 1. The largest absolute Gasteiger partial charge is 0.318 e. The minimum Gasteiger partial charge on any atom is -0.318 e. The van der Waals surface area contributed by atoms with Crippen molar-refractivity contribution in [2.75, 3.05) is 0 Å². The van der Waals surface area contributed by atoms with E-state index in [-0.39, 0.29) is 11.8 Å². The van der Waals surface area contributed by atoms with E-state index in [0.717, 1.165) is 23.4 Å². The number of carbonyl (C=O) groups excluding carboxylic acids is 3. The quantitative estimate of drug-likeness (QED) is 0.667. The molecule has 2 heterocycles. The fourth-order valence-electron chi connectivity index (χ4n) is 2.60. The summed E-state index contributed by atoms with van der Waals surface area (Å²) in [5, 5.41) is 2.26. The highest BCUT2D eigenvalue weighted by molar-refractivity contribution is 6.21. The molecule has 0 saturated heterocycles. The van der Waals surface area contributed by atoms with Crippen molar-refractivity contribution < 1.29 is 14.4 Å². The number of fused-ring (bicyclic) bond motifs is 1. The maximum atomic E-state index is 11.7. The first-order valence-corrected chi connectivity index (χ1v) is 6.17.